The van der Waals surface area contributed by atoms with E-state index in [4.69, 9.17) is 33.7 Å². The van der Waals surface area contributed by atoms with Crippen molar-refractivity contribution in [3.63, 3.8) is 0 Å². The SMILES string of the molecule is C[C@@H](Oc1ccc(Cl)cc1Cl)C(N)=O. The van der Waals surface area contributed by atoms with Gasteiger partial charge in [-0.25, -0.2) is 0 Å². The molecular formula is C9H9Cl2NO2. The normalized spacial score (nSPS) is 12.2. The summed E-state index contributed by atoms with van der Waals surface area (Å²) in [7, 11) is 0. The number of rotatable bonds is 3. The Morgan fingerprint density at radius 2 is 2.14 bits per heavy atom. The monoisotopic (exact) mass is 233 g/mol. The first-order chi connectivity index (χ1) is 6.50. The molecule has 0 radical (unpaired) electrons. The van der Waals surface area contributed by atoms with Gasteiger partial charge in [0.15, 0.2) is 6.10 Å². The molecule has 0 aliphatic carbocycles. The molecular weight excluding hydrogens is 225 g/mol. The van der Waals surface area contributed by atoms with Crippen LogP contribution in [0.3, 0.4) is 0 Å². The molecule has 0 aliphatic rings. The summed E-state index contributed by atoms with van der Waals surface area (Å²) in [5.41, 5.74) is 5.03. The van der Waals surface area contributed by atoms with Crippen molar-refractivity contribution < 1.29 is 9.53 Å². The van der Waals surface area contributed by atoms with Gasteiger partial charge in [0.1, 0.15) is 5.75 Å². The van der Waals surface area contributed by atoms with E-state index in [1.807, 2.05) is 0 Å². The van der Waals surface area contributed by atoms with Crippen LogP contribution < -0.4 is 10.5 Å². The number of primary amides is 1. The number of nitrogens with two attached hydrogens (primary N) is 1. The van der Waals surface area contributed by atoms with Gasteiger partial charge in [-0.2, -0.15) is 0 Å². The molecule has 0 saturated heterocycles. The second-order valence-corrected chi connectivity index (χ2v) is 3.58. The van der Waals surface area contributed by atoms with E-state index in [-0.39, 0.29) is 0 Å². The van der Waals surface area contributed by atoms with Gasteiger partial charge in [-0.3, -0.25) is 4.79 Å². The predicted octanol–water partition coefficient (Wildman–Crippen LogP) is 2.25. The van der Waals surface area contributed by atoms with Crippen LogP contribution >= 0.6 is 23.2 Å². The highest BCUT2D eigenvalue weighted by molar-refractivity contribution is 6.35. The van der Waals surface area contributed by atoms with Gasteiger partial charge in [-0.15, -0.1) is 0 Å². The zero-order valence-corrected chi connectivity index (χ0v) is 8.97. The first kappa shape index (κ1) is 11.1. The molecule has 0 unspecified atom stereocenters. The van der Waals surface area contributed by atoms with E-state index >= 15 is 0 Å². The fourth-order valence-corrected chi connectivity index (χ4v) is 1.27. The van der Waals surface area contributed by atoms with Crippen LogP contribution in [0.1, 0.15) is 6.92 Å². The standard InChI is InChI=1S/C9H9Cl2NO2/c1-5(9(12)13)14-8-3-2-6(10)4-7(8)11/h2-5H,1H3,(H2,12,13)/t5-/m1/s1. The van der Waals surface area contributed by atoms with Crippen LogP contribution in [-0.4, -0.2) is 12.0 Å². The number of hydrogen-bond acceptors (Lipinski definition) is 2. The van der Waals surface area contributed by atoms with Crippen molar-refractivity contribution in [1.82, 2.24) is 0 Å². The Morgan fingerprint density at radius 3 is 2.64 bits per heavy atom. The van der Waals surface area contributed by atoms with Crippen LogP contribution in [-0.2, 0) is 4.79 Å². The Balaban J connectivity index is 2.82. The van der Waals surface area contributed by atoms with Gasteiger partial charge in [0.2, 0.25) is 0 Å². The lowest BCUT2D eigenvalue weighted by Gasteiger charge is -2.12. The van der Waals surface area contributed by atoms with E-state index in [0.717, 1.165) is 0 Å². The molecule has 0 aliphatic heterocycles. The van der Waals surface area contributed by atoms with Crippen LogP contribution in [0, 0.1) is 0 Å². The van der Waals surface area contributed by atoms with Crippen LogP contribution in [0.25, 0.3) is 0 Å². The molecule has 1 rings (SSSR count). The maximum Gasteiger partial charge on any atom is 0.258 e. The molecule has 2 N–H and O–H groups in total. The quantitative estimate of drug-likeness (QED) is 0.871. The first-order valence-electron chi connectivity index (χ1n) is 3.91. The second kappa shape index (κ2) is 4.53. The Hall–Kier alpha value is -0.930. The number of hydrogen-bond donors (Lipinski definition) is 1. The number of halogens is 2. The first-order valence-corrected chi connectivity index (χ1v) is 4.67. The summed E-state index contributed by atoms with van der Waals surface area (Å²) < 4.78 is 5.20. The molecule has 0 spiro atoms. The smallest absolute Gasteiger partial charge is 0.258 e. The van der Waals surface area contributed by atoms with E-state index in [2.05, 4.69) is 0 Å². The van der Waals surface area contributed by atoms with Gasteiger partial charge in [0.25, 0.3) is 5.91 Å². The van der Waals surface area contributed by atoms with Crippen molar-refractivity contribution in [1.29, 1.82) is 0 Å². The van der Waals surface area contributed by atoms with E-state index in [1.54, 1.807) is 19.1 Å². The molecule has 0 heterocycles. The molecule has 1 amide bonds. The molecule has 76 valence electrons. The molecule has 0 aromatic heterocycles. The Kier molecular flexibility index (Phi) is 3.61. The van der Waals surface area contributed by atoms with Gasteiger partial charge in [-0.05, 0) is 25.1 Å². The van der Waals surface area contributed by atoms with Gasteiger partial charge < -0.3 is 10.5 Å². The zero-order valence-electron chi connectivity index (χ0n) is 7.46. The Morgan fingerprint density at radius 1 is 1.50 bits per heavy atom. The second-order valence-electron chi connectivity index (χ2n) is 2.74. The fourth-order valence-electron chi connectivity index (χ4n) is 0.819. The molecule has 1 atom stereocenters. The lowest BCUT2D eigenvalue weighted by Crippen LogP contribution is -2.30. The minimum atomic E-state index is -0.714. The van der Waals surface area contributed by atoms with E-state index in [0.29, 0.717) is 15.8 Å². The summed E-state index contributed by atoms with van der Waals surface area (Å²) in [5.74, 6) is -0.154. The topological polar surface area (TPSA) is 52.3 Å². The lowest BCUT2D eigenvalue weighted by atomic mass is 10.3. The molecule has 3 nitrogen and oxygen atoms in total. The summed E-state index contributed by atoms with van der Waals surface area (Å²) in [6.07, 6.45) is -0.714. The summed E-state index contributed by atoms with van der Waals surface area (Å²) >= 11 is 11.5. The summed E-state index contributed by atoms with van der Waals surface area (Å²) in [6.45, 7) is 1.55. The average molecular weight is 234 g/mol. The van der Waals surface area contributed by atoms with Crippen molar-refractivity contribution in [2.45, 2.75) is 13.0 Å². The van der Waals surface area contributed by atoms with Crippen molar-refractivity contribution >= 4 is 29.1 Å². The van der Waals surface area contributed by atoms with E-state index < -0.39 is 12.0 Å². The van der Waals surface area contributed by atoms with Gasteiger partial charge in [-0.1, -0.05) is 23.2 Å². The molecule has 0 bridgehead atoms. The maximum absolute atomic E-state index is 10.7. The molecule has 0 fully saturated rings. The van der Waals surface area contributed by atoms with Gasteiger partial charge in [0, 0.05) is 5.02 Å². The molecule has 1 aromatic rings. The fraction of sp³-hybridized carbons (Fsp3) is 0.222. The third-order valence-corrected chi connectivity index (χ3v) is 2.13. The molecule has 14 heavy (non-hydrogen) atoms. The van der Waals surface area contributed by atoms with Crippen molar-refractivity contribution in [2.75, 3.05) is 0 Å². The third-order valence-electron chi connectivity index (χ3n) is 1.60. The minimum absolute atomic E-state index is 0.352. The Labute approximate surface area is 91.7 Å². The number of ether oxygens (including phenoxy) is 1. The van der Waals surface area contributed by atoms with Crippen LogP contribution in [0.5, 0.6) is 5.75 Å². The zero-order chi connectivity index (χ0) is 10.7. The number of carbonyl (C=O) groups excluding carboxylic acids is 1. The predicted molar refractivity (Wildman–Crippen MR) is 55.7 cm³/mol. The van der Waals surface area contributed by atoms with Crippen molar-refractivity contribution in [3.8, 4) is 5.75 Å². The largest absolute Gasteiger partial charge is 0.479 e. The van der Waals surface area contributed by atoms with Crippen LogP contribution in [0.2, 0.25) is 10.0 Å². The summed E-state index contributed by atoms with van der Waals surface area (Å²) in [6, 6.07) is 4.74. The van der Waals surface area contributed by atoms with Crippen LogP contribution in [0.15, 0.2) is 18.2 Å². The lowest BCUT2D eigenvalue weighted by molar-refractivity contribution is -0.123. The highest BCUT2D eigenvalue weighted by Crippen LogP contribution is 2.28. The number of benzene rings is 1. The highest BCUT2D eigenvalue weighted by atomic mass is 35.5. The maximum atomic E-state index is 10.7. The highest BCUT2D eigenvalue weighted by Gasteiger charge is 2.12. The van der Waals surface area contributed by atoms with Crippen LogP contribution in [0.4, 0.5) is 0 Å². The number of amides is 1. The van der Waals surface area contributed by atoms with Crippen molar-refractivity contribution in [3.05, 3.63) is 28.2 Å². The van der Waals surface area contributed by atoms with E-state index in [9.17, 15) is 4.79 Å². The average Bonchev–Trinajstić information content (AvgIpc) is 2.09. The third kappa shape index (κ3) is 2.79. The van der Waals surface area contributed by atoms with Gasteiger partial charge >= 0.3 is 0 Å². The van der Waals surface area contributed by atoms with Crippen molar-refractivity contribution in [2.24, 2.45) is 5.73 Å². The van der Waals surface area contributed by atoms with E-state index in [1.165, 1.54) is 6.07 Å². The Bertz CT molecular complexity index is 355. The minimum Gasteiger partial charge on any atom is -0.479 e. The summed E-state index contributed by atoms with van der Waals surface area (Å²) in [4.78, 5) is 10.7. The van der Waals surface area contributed by atoms with Gasteiger partial charge in [0.05, 0.1) is 5.02 Å². The molecule has 5 heteroatoms. The number of carbonyl (C=O) groups is 1. The summed E-state index contributed by atoms with van der Waals surface area (Å²) in [5, 5.41) is 0.861. The molecule has 1 aromatic carbocycles. The molecule has 0 saturated carbocycles.